The lowest BCUT2D eigenvalue weighted by molar-refractivity contribution is 0.415. The van der Waals surface area contributed by atoms with Gasteiger partial charge in [0.1, 0.15) is 22.9 Å². The lowest BCUT2D eigenvalue weighted by Gasteiger charge is -2.11. The maximum absolute atomic E-state index is 11.8. The zero-order chi connectivity index (χ0) is 20.6. The van der Waals surface area contributed by atoms with Crippen LogP contribution in [0.5, 0.6) is 5.75 Å². The van der Waals surface area contributed by atoms with Crippen LogP contribution in [0.1, 0.15) is 5.69 Å². The number of pyridine rings is 1. The molecule has 0 fully saturated rings. The largest absolute Gasteiger partial charge is 0.497 e. The summed E-state index contributed by atoms with van der Waals surface area (Å²) in [6.45, 7) is 2.02. The van der Waals surface area contributed by atoms with E-state index in [1.165, 1.54) is 6.26 Å². The smallest absolute Gasteiger partial charge is 0.175 e. The van der Waals surface area contributed by atoms with Gasteiger partial charge < -0.3 is 10.1 Å². The third-order valence-electron chi connectivity index (χ3n) is 4.75. The number of rotatable bonds is 5. The molecule has 4 aromatic rings. The van der Waals surface area contributed by atoms with Crippen molar-refractivity contribution in [2.75, 3.05) is 18.7 Å². The summed E-state index contributed by atoms with van der Waals surface area (Å²) in [4.78, 5) is 5.08. The van der Waals surface area contributed by atoms with Crippen LogP contribution < -0.4 is 10.1 Å². The van der Waals surface area contributed by atoms with Crippen LogP contribution in [0.2, 0.25) is 0 Å². The van der Waals surface area contributed by atoms with Gasteiger partial charge in [0.2, 0.25) is 0 Å². The average Bonchev–Trinajstić information content (AvgIpc) is 3.08. The van der Waals surface area contributed by atoms with E-state index in [4.69, 9.17) is 9.72 Å². The lowest BCUT2D eigenvalue weighted by Crippen LogP contribution is -2.00. The maximum atomic E-state index is 11.8. The van der Waals surface area contributed by atoms with Crippen molar-refractivity contribution in [1.82, 2.24) is 9.38 Å². The zero-order valence-corrected chi connectivity index (χ0v) is 17.2. The number of imidazole rings is 1. The van der Waals surface area contributed by atoms with Gasteiger partial charge in [-0.1, -0.05) is 18.2 Å². The van der Waals surface area contributed by atoms with E-state index < -0.39 is 9.84 Å². The molecule has 0 aliphatic heterocycles. The summed E-state index contributed by atoms with van der Waals surface area (Å²) in [6.07, 6.45) is 1.20. The molecule has 0 spiro atoms. The van der Waals surface area contributed by atoms with E-state index in [-0.39, 0.29) is 4.90 Å². The van der Waals surface area contributed by atoms with Gasteiger partial charge in [0, 0.05) is 23.2 Å². The van der Waals surface area contributed by atoms with Crippen molar-refractivity contribution in [2.45, 2.75) is 11.8 Å². The normalized spacial score (nSPS) is 11.6. The fourth-order valence-electron chi connectivity index (χ4n) is 3.24. The number of hydrogen-bond acceptors (Lipinski definition) is 5. The number of hydrogen-bond donors (Lipinski definition) is 1. The topological polar surface area (TPSA) is 72.7 Å². The molecule has 0 unspecified atom stereocenters. The molecule has 0 saturated heterocycles. The van der Waals surface area contributed by atoms with E-state index in [1.807, 2.05) is 53.8 Å². The fraction of sp³-hybridized carbons (Fsp3) is 0.136. The maximum Gasteiger partial charge on any atom is 0.175 e. The summed E-state index contributed by atoms with van der Waals surface area (Å²) in [5, 5.41) is 3.46. The first-order valence-electron chi connectivity index (χ1n) is 9.06. The van der Waals surface area contributed by atoms with Crippen molar-refractivity contribution in [2.24, 2.45) is 0 Å². The van der Waals surface area contributed by atoms with Crippen molar-refractivity contribution in [3.63, 3.8) is 0 Å². The number of benzene rings is 2. The van der Waals surface area contributed by atoms with Gasteiger partial charge in [0.15, 0.2) is 9.84 Å². The number of sulfone groups is 1. The third kappa shape index (κ3) is 3.69. The summed E-state index contributed by atoms with van der Waals surface area (Å²) >= 11 is 0. The molecule has 4 rings (SSSR count). The van der Waals surface area contributed by atoms with Crippen LogP contribution in [-0.2, 0) is 9.84 Å². The highest BCUT2D eigenvalue weighted by Crippen LogP contribution is 2.33. The van der Waals surface area contributed by atoms with Gasteiger partial charge in [-0.25, -0.2) is 13.4 Å². The molecular formula is C22H21N3O3S. The molecule has 29 heavy (non-hydrogen) atoms. The summed E-state index contributed by atoms with van der Waals surface area (Å²) in [7, 11) is -1.62. The molecule has 2 aromatic carbocycles. The van der Waals surface area contributed by atoms with Crippen LogP contribution >= 0.6 is 0 Å². The number of ether oxygens (including phenoxy) is 1. The molecular weight excluding hydrogens is 386 g/mol. The molecule has 148 valence electrons. The Morgan fingerprint density at radius 2 is 1.66 bits per heavy atom. The first-order valence-corrected chi connectivity index (χ1v) is 11.0. The van der Waals surface area contributed by atoms with Crippen molar-refractivity contribution in [1.29, 1.82) is 0 Å². The van der Waals surface area contributed by atoms with E-state index in [1.54, 1.807) is 31.4 Å². The van der Waals surface area contributed by atoms with Crippen LogP contribution in [-0.4, -0.2) is 31.2 Å². The second-order valence-electron chi connectivity index (χ2n) is 6.82. The van der Waals surface area contributed by atoms with Crippen LogP contribution in [0.25, 0.3) is 16.9 Å². The van der Waals surface area contributed by atoms with E-state index in [2.05, 4.69) is 5.32 Å². The quantitative estimate of drug-likeness (QED) is 0.529. The Kier molecular flexibility index (Phi) is 4.76. The van der Waals surface area contributed by atoms with Gasteiger partial charge in [-0.2, -0.15) is 0 Å². The van der Waals surface area contributed by atoms with Gasteiger partial charge in [0.05, 0.1) is 12.0 Å². The van der Waals surface area contributed by atoms with Crippen LogP contribution in [0.15, 0.2) is 71.6 Å². The molecule has 0 aliphatic rings. The Labute approximate surface area is 169 Å². The predicted molar refractivity (Wildman–Crippen MR) is 115 cm³/mol. The third-order valence-corrected chi connectivity index (χ3v) is 5.88. The number of nitrogens with one attached hydrogen (secondary N) is 1. The summed E-state index contributed by atoms with van der Waals surface area (Å²) < 4.78 is 30.8. The van der Waals surface area contributed by atoms with Crippen molar-refractivity contribution in [3.05, 3.63) is 72.4 Å². The molecule has 1 N–H and O–H groups in total. The first-order chi connectivity index (χ1) is 13.9. The minimum absolute atomic E-state index is 0.283. The number of anilines is 2. The molecule has 6 nitrogen and oxygen atoms in total. The molecule has 2 heterocycles. The van der Waals surface area contributed by atoms with E-state index in [0.29, 0.717) is 0 Å². The number of methoxy groups -OCH3 is 1. The fourth-order valence-corrected chi connectivity index (χ4v) is 3.87. The minimum atomic E-state index is -3.25. The Morgan fingerprint density at radius 1 is 0.966 bits per heavy atom. The Bertz CT molecular complexity index is 1280. The number of nitrogens with zero attached hydrogens (tertiary/aromatic N) is 2. The molecule has 0 aliphatic carbocycles. The van der Waals surface area contributed by atoms with Gasteiger partial charge in [-0.3, -0.25) is 4.40 Å². The molecule has 7 heteroatoms. The minimum Gasteiger partial charge on any atom is -0.497 e. The number of aryl methyl sites for hydroxylation is 1. The molecule has 0 radical (unpaired) electrons. The zero-order valence-electron chi connectivity index (χ0n) is 16.4. The van der Waals surface area contributed by atoms with Crippen LogP contribution in [0.3, 0.4) is 0 Å². The summed E-state index contributed by atoms with van der Waals surface area (Å²) in [5.74, 6) is 1.59. The van der Waals surface area contributed by atoms with Gasteiger partial charge in [-0.05, 0) is 55.5 Å². The highest BCUT2D eigenvalue weighted by molar-refractivity contribution is 7.90. The SMILES string of the molecule is COc1ccc(Nc2c(-c3ccc(S(C)(=O)=O)cc3)nc3cccc(C)n23)cc1. The Morgan fingerprint density at radius 3 is 2.28 bits per heavy atom. The monoisotopic (exact) mass is 407 g/mol. The Hall–Kier alpha value is -3.32. The highest BCUT2D eigenvalue weighted by Gasteiger charge is 2.17. The lowest BCUT2D eigenvalue weighted by atomic mass is 10.1. The highest BCUT2D eigenvalue weighted by atomic mass is 32.2. The predicted octanol–water partition coefficient (Wildman–Crippen LogP) is 4.47. The molecule has 2 aromatic heterocycles. The Balaban J connectivity index is 1.85. The summed E-state index contributed by atoms with van der Waals surface area (Å²) in [5.41, 5.74) is 4.31. The molecule has 0 bridgehead atoms. The molecule has 0 saturated carbocycles. The van der Waals surface area contributed by atoms with Crippen molar-refractivity contribution in [3.8, 4) is 17.0 Å². The molecule has 0 amide bonds. The average molecular weight is 407 g/mol. The van der Waals surface area contributed by atoms with E-state index in [0.717, 1.165) is 39.9 Å². The standard InChI is InChI=1S/C22H21N3O3S/c1-15-5-4-6-20-24-21(16-7-13-19(14-8-16)29(3,26)27)22(25(15)20)23-17-9-11-18(28-2)12-10-17/h4-14,23H,1-3H3. The van der Waals surface area contributed by atoms with Crippen molar-refractivity contribution < 1.29 is 13.2 Å². The van der Waals surface area contributed by atoms with Crippen LogP contribution in [0.4, 0.5) is 11.5 Å². The second-order valence-corrected chi connectivity index (χ2v) is 8.84. The number of aromatic nitrogens is 2. The summed E-state index contributed by atoms with van der Waals surface area (Å²) in [6, 6.07) is 20.4. The van der Waals surface area contributed by atoms with E-state index >= 15 is 0 Å². The van der Waals surface area contributed by atoms with E-state index in [9.17, 15) is 8.42 Å². The first kappa shape index (κ1) is 19.0. The number of fused-ring (bicyclic) bond motifs is 1. The second kappa shape index (κ2) is 7.25. The molecule has 0 atom stereocenters. The van der Waals surface area contributed by atoms with Gasteiger partial charge >= 0.3 is 0 Å². The van der Waals surface area contributed by atoms with Gasteiger partial charge in [0.25, 0.3) is 0 Å². The van der Waals surface area contributed by atoms with Gasteiger partial charge in [-0.15, -0.1) is 0 Å². The van der Waals surface area contributed by atoms with Crippen LogP contribution in [0, 0.1) is 6.92 Å². The van der Waals surface area contributed by atoms with Crippen molar-refractivity contribution >= 4 is 27.0 Å².